The van der Waals surface area contributed by atoms with Crippen molar-refractivity contribution >= 4 is 85.1 Å². The summed E-state index contributed by atoms with van der Waals surface area (Å²) in [6, 6.07) is 24.8. The van der Waals surface area contributed by atoms with Crippen LogP contribution in [0, 0.1) is 16.7 Å². The number of para-hydroxylation sites is 1. The van der Waals surface area contributed by atoms with Crippen LogP contribution in [0.1, 0.15) is 70.5 Å². The van der Waals surface area contributed by atoms with E-state index in [2.05, 4.69) is 44.6 Å². The van der Waals surface area contributed by atoms with E-state index in [0.717, 1.165) is 45.6 Å². The molecule has 0 saturated carbocycles. The highest BCUT2D eigenvalue weighted by atomic mass is 33.1. The van der Waals surface area contributed by atoms with Gasteiger partial charge in [-0.05, 0) is 43.9 Å². The second-order valence-corrected chi connectivity index (χ2v) is 25.2. The molecular weight excluding hydrogens is 1180 g/mol. The number of esters is 1. The Morgan fingerprint density at radius 2 is 1.51 bits per heavy atom. The van der Waals surface area contributed by atoms with Crippen LogP contribution in [0.15, 0.2) is 78.9 Å². The number of thiocarbonyl (C=S) groups is 1. The average molecular weight is 1250 g/mol. The number of alkyl carbamates (subject to hydrolysis) is 1. The number of thioether (sulfide) groups is 1. The molecule has 0 aliphatic carbocycles. The van der Waals surface area contributed by atoms with Crippen molar-refractivity contribution in [2.24, 2.45) is 5.41 Å². The van der Waals surface area contributed by atoms with Crippen molar-refractivity contribution in [3.05, 3.63) is 90.0 Å². The molecule has 2 aliphatic rings. The van der Waals surface area contributed by atoms with E-state index in [9.17, 15) is 44.6 Å². The maximum Gasteiger partial charge on any atom is 0.407 e. The standard InChI is InChI=1S/C58H76N8O15S4/c1-5-83-84-34-33-80-56(74)61-22-20-44(69)47-40-15-9-10-16-41(40)48-50(42-17-11-12-18-43(42)63-47)66(65-64-48)24-26-75-27-28-76-29-30-77-31-32-78-46(70)19-21-57(3,37-59)36-58(4,85-54(82)39-13-7-6-8-14-39)55(73)60-23-25-79-53-49(62-38(2)68)52(72)51(71)45(35-67)81-53/h6-18,45,47,49,51-53,63,67,71-72H,5,19-36H2,1-4H3,(H,60,73)(H,61,74)(H,62,68). The number of nitrogens with one attached hydrogen (secondary N) is 4. The summed E-state index contributed by atoms with van der Waals surface area (Å²) in [5, 5.41) is 61.7. The molecule has 3 amide bonds. The number of amides is 3. The fraction of sp³-hybridized carbons (Fsp3) is 0.534. The molecule has 7 N–H and O–H groups in total. The molecule has 1 fully saturated rings. The molecule has 0 radical (unpaired) electrons. The van der Waals surface area contributed by atoms with Gasteiger partial charge in [-0.2, -0.15) is 5.26 Å². The van der Waals surface area contributed by atoms with E-state index in [4.69, 9.17) is 45.4 Å². The van der Waals surface area contributed by atoms with Crippen molar-refractivity contribution in [3.63, 3.8) is 0 Å². The molecule has 3 aromatic carbocycles. The van der Waals surface area contributed by atoms with Gasteiger partial charge in [-0.15, -0.1) is 5.10 Å². The quantitative estimate of drug-likeness (QED) is 0.0131. The van der Waals surface area contributed by atoms with Gasteiger partial charge in [0.2, 0.25) is 11.8 Å². The zero-order valence-electron chi connectivity index (χ0n) is 48.1. The number of carbonyl (C=O) groups is 5. The number of anilines is 1. The van der Waals surface area contributed by atoms with E-state index in [0.29, 0.717) is 47.6 Å². The monoisotopic (exact) mass is 1250 g/mol. The van der Waals surface area contributed by atoms with Crippen LogP contribution in [-0.2, 0) is 58.9 Å². The van der Waals surface area contributed by atoms with Crippen molar-refractivity contribution in [1.82, 2.24) is 30.9 Å². The first-order valence-electron chi connectivity index (χ1n) is 28.0. The van der Waals surface area contributed by atoms with Crippen LogP contribution >= 0.6 is 45.6 Å². The second-order valence-electron chi connectivity index (χ2n) is 20.2. The van der Waals surface area contributed by atoms with Gasteiger partial charge in [0.25, 0.3) is 0 Å². The van der Waals surface area contributed by atoms with Crippen LogP contribution in [0.4, 0.5) is 10.5 Å². The first-order chi connectivity index (χ1) is 41.0. The van der Waals surface area contributed by atoms with Gasteiger partial charge in [-0.1, -0.05) is 131 Å². The summed E-state index contributed by atoms with van der Waals surface area (Å²) in [5.74, 6) is -0.00160. The number of hydrogen-bond acceptors (Lipinski definition) is 23. The molecule has 85 heavy (non-hydrogen) atoms. The number of aliphatic hydroxyl groups excluding tert-OH is 3. The summed E-state index contributed by atoms with van der Waals surface area (Å²) >= 11 is 6.87. The molecule has 27 heteroatoms. The van der Waals surface area contributed by atoms with Gasteiger partial charge in [0.1, 0.15) is 49.3 Å². The number of aromatic nitrogens is 3. The number of benzene rings is 3. The number of ketones is 1. The molecule has 8 unspecified atom stereocenters. The minimum Gasteiger partial charge on any atom is -0.463 e. The lowest BCUT2D eigenvalue weighted by Crippen LogP contribution is -2.64. The Labute approximate surface area is 512 Å². The number of ether oxygens (including phenoxy) is 7. The molecule has 4 aromatic rings. The third-order valence-corrected chi connectivity index (χ3v) is 17.7. The summed E-state index contributed by atoms with van der Waals surface area (Å²) in [7, 11) is 3.34. The number of fused-ring (bicyclic) bond motifs is 5. The van der Waals surface area contributed by atoms with Crippen LogP contribution in [0.5, 0.6) is 0 Å². The lowest BCUT2D eigenvalue weighted by atomic mass is 9.78. The number of hydrogen-bond donors (Lipinski definition) is 7. The Balaban J connectivity index is 0.899. The van der Waals surface area contributed by atoms with E-state index in [1.54, 1.807) is 40.1 Å². The normalized spacial score (nSPS) is 19.3. The lowest BCUT2D eigenvalue weighted by molar-refractivity contribution is -0.269. The number of nitriles is 1. The van der Waals surface area contributed by atoms with Gasteiger partial charge in [0, 0.05) is 61.2 Å². The van der Waals surface area contributed by atoms with Gasteiger partial charge in [0.05, 0.1) is 85.5 Å². The van der Waals surface area contributed by atoms with Gasteiger partial charge in [-0.25, -0.2) is 9.48 Å². The van der Waals surface area contributed by atoms with Gasteiger partial charge >= 0.3 is 12.1 Å². The number of Topliss-reactive ketones (excluding diaryl/α,β-unsaturated/α-hetero) is 1. The van der Waals surface area contributed by atoms with Crippen molar-refractivity contribution in [2.45, 2.75) is 101 Å². The molecule has 0 spiro atoms. The Kier molecular flexibility index (Phi) is 28.3. The molecule has 2 aliphatic heterocycles. The van der Waals surface area contributed by atoms with Gasteiger partial charge in [-0.3, -0.25) is 19.2 Å². The summed E-state index contributed by atoms with van der Waals surface area (Å²) in [5.41, 5.74) is 3.94. The number of rotatable bonds is 35. The highest BCUT2D eigenvalue weighted by Crippen LogP contribution is 2.44. The molecule has 6 rings (SSSR count). The minimum absolute atomic E-state index is 0.0135. The van der Waals surface area contributed by atoms with E-state index in [-0.39, 0.29) is 84.2 Å². The van der Waals surface area contributed by atoms with E-state index >= 15 is 0 Å². The maximum atomic E-state index is 14.1. The summed E-state index contributed by atoms with van der Waals surface area (Å²) in [6.07, 6.45) is -5.99. The fourth-order valence-electron chi connectivity index (χ4n) is 9.40. The van der Waals surface area contributed by atoms with Crippen LogP contribution in [0.2, 0.25) is 0 Å². The Morgan fingerprint density at radius 3 is 2.21 bits per heavy atom. The van der Waals surface area contributed by atoms with Gasteiger partial charge < -0.3 is 69.7 Å². The number of aliphatic hydroxyl groups is 3. The zero-order chi connectivity index (χ0) is 61.2. The van der Waals surface area contributed by atoms with E-state index < -0.39 is 77.3 Å². The van der Waals surface area contributed by atoms with Crippen LogP contribution in [0.25, 0.3) is 22.5 Å². The second kappa shape index (κ2) is 35.2. The van der Waals surface area contributed by atoms with Crippen molar-refractivity contribution in [3.8, 4) is 28.6 Å². The number of carbonyl (C=O) groups excluding carboxylic acids is 5. The molecule has 8 atom stereocenters. The predicted molar refractivity (Wildman–Crippen MR) is 326 cm³/mol. The van der Waals surface area contributed by atoms with Crippen LogP contribution in [-0.4, -0.2) is 190 Å². The molecule has 1 saturated heterocycles. The summed E-state index contributed by atoms with van der Waals surface area (Å²) in [4.78, 5) is 65.0. The third-order valence-electron chi connectivity index (χ3n) is 13.6. The van der Waals surface area contributed by atoms with Crippen molar-refractivity contribution < 1.29 is 72.5 Å². The van der Waals surface area contributed by atoms with Crippen molar-refractivity contribution in [1.29, 1.82) is 5.26 Å². The Hall–Kier alpha value is -5.74. The molecule has 462 valence electrons. The highest BCUT2D eigenvalue weighted by Gasteiger charge is 2.46. The Bertz CT molecular complexity index is 2870. The third kappa shape index (κ3) is 20.7. The summed E-state index contributed by atoms with van der Waals surface area (Å²) in [6.45, 7) is 8.02. The first kappa shape index (κ1) is 68.4. The topological polar surface area (TPSA) is 313 Å². The highest BCUT2D eigenvalue weighted by molar-refractivity contribution is 8.76. The van der Waals surface area contributed by atoms with E-state index in [1.165, 1.54) is 6.92 Å². The van der Waals surface area contributed by atoms with E-state index in [1.807, 2.05) is 78.9 Å². The molecular formula is C58H76N8O15S4. The molecule has 1 aromatic heterocycles. The largest absolute Gasteiger partial charge is 0.463 e. The van der Waals surface area contributed by atoms with Crippen molar-refractivity contribution in [2.75, 3.05) is 96.0 Å². The minimum atomic E-state index is -1.51. The fourth-order valence-corrected chi connectivity index (χ4v) is 12.8. The maximum absolute atomic E-state index is 14.1. The Morgan fingerprint density at radius 1 is 0.824 bits per heavy atom. The zero-order valence-corrected chi connectivity index (χ0v) is 51.3. The predicted octanol–water partition coefficient (Wildman–Crippen LogP) is 5.40. The van der Waals surface area contributed by atoms with Crippen LogP contribution in [0.3, 0.4) is 0 Å². The summed E-state index contributed by atoms with van der Waals surface area (Å²) < 4.78 is 40.2. The smallest absolute Gasteiger partial charge is 0.407 e. The average Bonchev–Trinajstić information content (AvgIpc) is 2.45. The molecule has 0 bridgehead atoms. The first-order valence-corrected chi connectivity index (χ1v) is 31.7. The number of nitrogens with zero attached hydrogens (tertiary/aromatic N) is 4. The van der Waals surface area contributed by atoms with Gasteiger partial charge in [0.15, 0.2) is 12.1 Å². The van der Waals surface area contributed by atoms with Crippen LogP contribution < -0.4 is 21.3 Å². The SMILES string of the molecule is CCSSCCOC(=O)NCCC(=O)C1Nc2ccccc2-c2c(nnn2CCOCCOCCOCCOC(=O)CCC(C)(C#N)CC(C)(SC(=S)c2ccccc2)C(=O)NCCOC2OC(CO)C(O)C(O)C2NC(C)=O)-c2ccccc21. The lowest BCUT2D eigenvalue weighted by Gasteiger charge is -2.42. The molecule has 3 heterocycles. The molecule has 23 nitrogen and oxygen atoms in total.